The Morgan fingerprint density at radius 2 is 1.31 bits per heavy atom. The van der Waals surface area contributed by atoms with Crippen molar-refractivity contribution in [2.45, 2.75) is 73.6 Å². The fourth-order valence-corrected chi connectivity index (χ4v) is 3.15. The molecule has 0 aromatic heterocycles. The standard InChI is InChI=1S/C10H18.C3H6O.C2H6/c1-10(2)6-8-4-3-5-9(8)7-10;1-3(2)4;1-2/h8-9H,3-7H2,1-2H3;1-2H3;1-2H3. The van der Waals surface area contributed by atoms with E-state index >= 15 is 0 Å². The van der Waals surface area contributed by atoms with Crippen LogP contribution < -0.4 is 0 Å². The number of carbonyl (C=O) groups is 1. The Balaban J connectivity index is 0.000000323. The van der Waals surface area contributed by atoms with Crippen LogP contribution in [0.1, 0.15) is 73.6 Å². The summed E-state index contributed by atoms with van der Waals surface area (Å²) in [6, 6.07) is 0. The van der Waals surface area contributed by atoms with Gasteiger partial charge in [-0.1, -0.05) is 47.0 Å². The topological polar surface area (TPSA) is 17.1 Å². The van der Waals surface area contributed by atoms with Gasteiger partial charge in [0.05, 0.1) is 0 Å². The molecule has 0 N–H and O–H groups in total. The van der Waals surface area contributed by atoms with Crippen molar-refractivity contribution < 1.29 is 4.79 Å². The van der Waals surface area contributed by atoms with Crippen LogP contribution in [0.25, 0.3) is 0 Å². The lowest BCUT2D eigenvalue weighted by molar-refractivity contribution is -0.114. The second kappa shape index (κ2) is 7.09. The highest BCUT2D eigenvalue weighted by atomic mass is 16.1. The molecule has 0 radical (unpaired) electrons. The minimum Gasteiger partial charge on any atom is -0.300 e. The molecule has 0 spiro atoms. The van der Waals surface area contributed by atoms with E-state index in [2.05, 4.69) is 13.8 Å². The average Bonchev–Trinajstić information content (AvgIpc) is 2.63. The van der Waals surface area contributed by atoms with Gasteiger partial charge in [-0.3, -0.25) is 0 Å². The molecule has 16 heavy (non-hydrogen) atoms. The van der Waals surface area contributed by atoms with E-state index in [0.29, 0.717) is 5.41 Å². The zero-order chi connectivity index (χ0) is 12.8. The van der Waals surface area contributed by atoms with Gasteiger partial charge >= 0.3 is 0 Å². The quantitative estimate of drug-likeness (QED) is 0.577. The molecule has 2 fully saturated rings. The molecule has 2 aliphatic rings. The molecule has 0 amide bonds. The Hall–Kier alpha value is -0.330. The van der Waals surface area contributed by atoms with Crippen molar-refractivity contribution in [3.05, 3.63) is 0 Å². The smallest absolute Gasteiger partial charge is 0.126 e. The van der Waals surface area contributed by atoms with Crippen LogP contribution in [0.4, 0.5) is 0 Å². The zero-order valence-corrected chi connectivity index (χ0v) is 12.1. The summed E-state index contributed by atoms with van der Waals surface area (Å²) in [5.41, 5.74) is 0.690. The van der Waals surface area contributed by atoms with Gasteiger partial charge in [-0.25, -0.2) is 0 Å². The third-order valence-corrected chi connectivity index (χ3v) is 3.45. The highest BCUT2D eigenvalue weighted by Crippen LogP contribution is 2.52. The van der Waals surface area contributed by atoms with Crippen LogP contribution in [0.15, 0.2) is 0 Å². The number of carbonyl (C=O) groups excluding carboxylic acids is 1. The molecule has 0 heterocycles. The summed E-state index contributed by atoms with van der Waals surface area (Å²) in [7, 11) is 0. The molecule has 0 aliphatic heterocycles. The lowest BCUT2D eigenvalue weighted by Gasteiger charge is -2.17. The summed E-state index contributed by atoms with van der Waals surface area (Å²) in [6.07, 6.45) is 7.61. The normalized spacial score (nSPS) is 29.4. The maximum atomic E-state index is 9.44. The molecule has 1 nitrogen and oxygen atoms in total. The van der Waals surface area contributed by atoms with Gasteiger partial charge < -0.3 is 4.79 Å². The van der Waals surface area contributed by atoms with E-state index in [4.69, 9.17) is 0 Å². The number of rotatable bonds is 0. The predicted octanol–water partition coefficient (Wildman–Crippen LogP) is 4.84. The fourth-order valence-electron chi connectivity index (χ4n) is 3.15. The first kappa shape index (κ1) is 15.7. The summed E-state index contributed by atoms with van der Waals surface area (Å²) in [5.74, 6) is 2.41. The van der Waals surface area contributed by atoms with Gasteiger partial charge in [-0.2, -0.15) is 0 Å². The Morgan fingerprint density at radius 1 is 1.00 bits per heavy atom. The van der Waals surface area contributed by atoms with E-state index in [1.54, 1.807) is 0 Å². The number of hydrogen-bond acceptors (Lipinski definition) is 1. The average molecular weight is 226 g/mol. The molecule has 2 unspecified atom stereocenters. The molecule has 0 saturated heterocycles. The van der Waals surface area contributed by atoms with Crippen molar-refractivity contribution >= 4 is 5.78 Å². The molecular formula is C15H30O. The third-order valence-electron chi connectivity index (χ3n) is 3.45. The monoisotopic (exact) mass is 226 g/mol. The van der Waals surface area contributed by atoms with Crippen LogP contribution in [0, 0.1) is 17.3 Å². The molecule has 0 aromatic carbocycles. The molecule has 0 aromatic rings. The Bertz CT molecular complexity index is 187. The summed E-state index contributed by atoms with van der Waals surface area (Å²) in [4.78, 5) is 9.44. The summed E-state index contributed by atoms with van der Waals surface area (Å²) >= 11 is 0. The van der Waals surface area contributed by atoms with Crippen molar-refractivity contribution in [3.63, 3.8) is 0 Å². The van der Waals surface area contributed by atoms with Crippen molar-refractivity contribution in [2.75, 3.05) is 0 Å². The Labute approximate surface area is 102 Å². The van der Waals surface area contributed by atoms with Crippen LogP contribution in [0.5, 0.6) is 0 Å². The van der Waals surface area contributed by atoms with Crippen LogP contribution >= 0.6 is 0 Å². The second-order valence-electron chi connectivity index (χ2n) is 5.93. The van der Waals surface area contributed by atoms with Gasteiger partial charge in [0.25, 0.3) is 0 Å². The molecule has 0 bridgehead atoms. The second-order valence-corrected chi connectivity index (χ2v) is 5.93. The first-order valence-corrected chi connectivity index (χ1v) is 6.88. The lowest BCUT2D eigenvalue weighted by atomic mass is 9.89. The van der Waals surface area contributed by atoms with Crippen molar-refractivity contribution in [1.29, 1.82) is 0 Å². The first-order valence-electron chi connectivity index (χ1n) is 6.88. The minimum atomic E-state index is 0.167. The molecule has 2 aliphatic carbocycles. The van der Waals surface area contributed by atoms with Crippen LogP contribution in [-0.4, -0.2) is 5.78 Å². The maximum Gasteiger partial charge on any atom is 0.126 e. The SMILES string of the molecule is CC.CC(C)=O.CC1(C)CC2CCCC2C1. The van der Waals surface area contributed by atoms with E-state index in [9.17, 15) is 4.79 Å². The van der Waals surface area contributed by atoms with Crippen LogP contribution in [0.2, 0.25) is 0 Å². The number of hydrogen-bond donors (Lipinski definition) is 0. The molecular weight excluding hydrogens is 196 g/mol. The van der Waals surface area contributed by atoms with Crippen molar-refractivity contribution in [2.24, 2.45) is 17.3 Å². The van der Waals surface area contributed by atoms with Crippen molar-refractivity contribution in [3.8, 4) is 0 Å². The Kier molecular flexibility index (Phi) is 6.94. The van der Waals surface area contributed by atoms with Gasteiger partial charge in [0.15, 0.2) is 0 Å². The zero-order valence-electron chi connectivity index (χ0n) is 12.1. The molecule has 2 atom stereocenters. The number of Topliss-reactive ketones (excluding diaryl/α,β-unsaturated/α-hetero) is 1. The fraction of sp³-hybridized carbons (Fsp3) is 0.933. The predicted molar refractivity (Wildman–Crippen MR) is 71.5 cm³/mol. The maximum absolute atomic E-state index is 9.44. The van der Waals surface area contributed by atoms with E-state index in [-0.39, 0.29) is 5.78 Å². The van der Waals surface area contributed by atoms with E-state index in [1.807, 2.05) is 13.8 Å². The minimum absolute atomic E-state index is 0.167. The molecule has 1 heteroatoms. The van der Waals surface area contributed by atoms with Gasteiger partial charge in [0.1, 0.15) is 5.78 Å². The number of ketones is 1. The van der Waals surface area contributed by atoms with E-state index < -0.39 is 0 Å². The molecule has 2 rings (SSSR count). The number of fused-ring (bicyclic) bond motifs is 1. The highest BCUT2D eigenvalue weighted by molar-refractivity contribution is 5.72. The largest absolute Gasteiger partial charge is 0.300 e. The van der Waals surface area contributed by atoms with Gasteiger partial charge in [0, 0.05) is 0 Å². The summed E-state index contributed by atoms with van der Waals surface area (Å²) in [6.45, 7) is 11.9. The molecule has 96 valence electrons. The van der Waals surface area contributed by atoms with Gasteiger partial charge in [0.2, 0.25) is 0 Å². The Morgan fingerprint density at radius 3 is 1.62 bits per heavy atom. The van der Waals surface area contributed by atoms with Gasteiger partial charge in [-0.15, -0.1) is 0 Å². The lowest BCUT2D eigenvalue weighted by Crippen LogP contribution is -2.05. The van der Waals surface area contributed by atoms with Gasteiger partial charge in [-0.05, 0) is 43.9 Å². The van der Waals surface area contributed by atoms with Crippen LogP contribution in [0.3, 0.4) is 0 Å². The first-order chi connectivity index (χ1) is 7.41. The summed E-state index contributed by atoms with van der Waals surface area (Å²) in [5, 5.41) is 0. The summed E-state index contributed by atoms with van der Waals surface area (Å²) < 4.78 is 0. The van der Waals surface area contributed by atoms with Crippen molar-refractivity contribution in [1.82, 2.24) is 0 Å². The highest BCUT2D eigenvalue weighted by Gasteiger charge is 2.41. The molecule has 2 saturated carbocycles. The third kappa shape index (κ3) is 5.67. The van der Waals surface area contributed by atoms with E-state index in [0.717, 1.165) is 11.8 Å². The van der Waals surface area contributed by atoms with E-state index in [1.165, 1.54) is 46.0 Å². The van der Waals surface area contributed by atoms with Crippen LogP contribution in [-0.2, 0) is 4.79 Å².